The summed E-state index contributed by atoms with van der Waals surface area (Å²) in [6.45, 7) is 2.76. The van der Waals surface area contributed by atoms with Gasteiger partial charge in [0, 0.05) is 24.0 Å². The molecule has 2 rings (SSSR count). The van der Waals surface area contributed by atoms with Crippen molar-refractivity contribution in [1.82, 2.24) is 10.2 Å². The SMILES string of the molecule is CCN1C(=O)NC2CSC(CCCCC(=O)O)C21. The van der Waals surface area contributed by atoms with Crippen molar-refractivity contribution in [2.75, 3.05) is 12.3 Å². The van der Waals surface area contributed by atoms with E-state index in [9.17, 15) is 9.59 Å². The van der Waals surface area contributed by atoms with Crippen molar-refractivity contribution in [2.45, 2.75) is 49.9 Å². The van der Waals surface area contributed by atoms with Gasteiger partial charge in [0.2, 0.25) is 0 Å². The van der Waals surface area contributed by atoms with Crippen LogP contribution in [0.2, 0.25) is 0 Å². The van der Waals surface area contributed by atoms with Crippen LogP contribution in [-0.2, 0) is 4.79 Å². The summed E-state index contributed by atoms with van der Waals surface area (Å²) >= 11 is 1.91. The molecule has 0 saturated carbocycles. The van der Waals surface area contributed by atoms with Crippen molar-refractivity contribution in [3.05, 3.63) is 0 Å². The monoisotopic (exact) mass is 272 g/mol. The van der Waals surface area contributed by atoms with E-state index in [0.29, 0.717) is 11.3 Å². The highest BCUT2D eigenvalue weighted by Gasteiger charge is 2.47. The summed E-state index contributed by atoms with van der Waals surface area (Å²) in [5.41, 5.74) is 0. The molecule has 102 valence electrons. The van der Waals surface area contributed by atoms with Gasteiger partial charge in [0.05, 0.1) is 12.1 Å². The van der Waals surface area contributed by atoms with E-state index in [1.807, 2.05) is 23.6 Å². The quantitative estimate of drug-likeness (QED) is 0.568. The number of unbranched alkanes of at least 4 members (excludes halogenated alkanes) is 1. The fraction of sp³-hybridized carbons (Fsp3) is 0.833. The zero-order chi connectivity index (χ0) is 13.1. The van der Waals surface area contributed by atoms with Crippen LogP contribution in [0.5, 0.6) is 0 Å². The van der Waals surface area contributed by atoms with Crippen LogP contribution in [0.3, 0.4) is 0 Å². The summed E-state index contributed by atoms with van der Waals surface area (Å²) in [5, 5.41) is 12.1. The minimum Gasteiger partial charge on any atom is -0.481 e. The standard InChI is InChI=1S/C12H20N2O3S/c1-2-14-11-8(13-12(14)17)7-18-9(11)5-3-4-6-10(15)16/h8-9,11H,2-7H2,1H3,(H,13,17)(H,15,16). The average molecular weight is 272 g/mol. The first kappa shape index (κ1) is 13.5. The predicted molar refractivity (Wildman–Crippen MR) is 70.8 cm³/mol. The Morgan fingerprint density at radius 3 is 3.00 bits per heavy atom. The number of aliphatic carboxylic acids is 1. The van der Waals surface area contributed by atoms with Gasteiger partial charge in [-0.15, -0.1) is 0 Å². The van der Waals surface area contributed by atoms with Gasteiger partial charge in [-0.25, -0.2) is 4.79 Å². The van der Waals surface area contributed by atoms with E-state index in [0.717, 1.165) is 31.6 Å². The normalized spacial score (nSPS) is 30.4. The highest BCUT2D eigenvalue weighted by Crippen LogP contribution is 2.37. The third kappa shape index (κ3) is 2.74. The minimum absolute atomic E-state index is 0.0586. The second-order valence-corrected chi connectivity index (χ2v) is 6.12. The summed E-state index contributed by atoms with van der Waals surface area (Å²) in [6.07, 6.45) is 2.92. The molecular formula is C12H20N2O3S. The second kappa shape index (κ2) is 5.82. The van der Waals surface area contributed by atoms with E-state index in [1.54, 1.807) is 0 Å². The fourth-order valence-corrected chi connectivity index (χ4v) is 4.44. The number of hydrogen-bond donors (Lipinski definition) is 2. The summed E-state index contributed by atoms with van der Waals surface area (Å²) in [5.74, 6) is 0.260. The number of fused-ring (bicyclic) bond motifs is 1. The Kier molecular flexibility index (Phi) is 4.37. The third-order valence-corrected chi connectivity index (χ3v) is 5.18. The molecule has 0 aromatic carbocycles. The van der Waals surface area contributed by atoms with Crippen molar-refractivity contribution in [3.63, 3.8) is 0 Å². The Labute approximate surface area is 111 Å². The number of nitrogens with zero attached hydrogens (tertiary/aromatic N) is 1. The molecule has 2 N–H and O–H groups in total. The molecule has 2 heterocycles. The van der Waals surface area contributed by atoms with Crippen molar-refractivity contribution in [1.29, 1.82) is 0 Å². The summed E-state index contributed by atoms with van der Waals surface area (Å²) in [6, 6.07) is 0.646. The lowest BCUT2D eigenvalue weighted by Crippen LogP contribution is -2.40. The molecule has 0 aliphatic carbocycles. The number of urea groups is 1. The van der Waals surface area contributed by atoms with E-state index in [4.69, 9.17) is 5.11 Å². The molecule has 5 nitrogen and oxygen atoms in total. The zero-order valence-corrected chi connectivity index (χ0v) is 11.4. The van der Waals surface area contributed by atoms with Gasteiger partial charge >= 0.3 is 12.0 Å². The Hall–Kier alpha value is -0.910. The van der Waals surface area contributed by atoms with Gasteiger partial charge in [0.1, 0.15) is 0 Å². The molecule has 0 bridgehead atoms. The van der Waals surface area contributed by atoms with Crippen LogP contribution >= 0.6 is 11.8 Å². The van der Waals surface area contributed by atoms with Gasteiger partial charge in [-0.1, -0.05) is 6.42 Å². The van der Waals surface area contributed by atoms with Gasteiger partial charge in [0.15, 0.2) is 0 Å². The molecule has 0 aromatic rings. The molecule has 2 saturated heterocycles. The maximum absolute atomic E-state index is 11.7. The second-order valence-electron chi connectivity index (χ2n) is 4.84. The number of rotatable bonds is 6. The van der Waals surface area contributed by atoms with Gasteiger partial charge in [-0.3, -0.25) is 4.79 Å². The van der Waals surface area contributed by atoms with E-state index in [1.165, 1.54) is 0 Å². The highest BCUT2D eigenvalue weighted by molar-refractivity contribution is 8.00. The maximum Gasteiger partial charge on any atom is 0.318 e. The first-order chi connectivity index (χ1) is 8.63. The van der Waals surface area contributed by atoms with Crippen LogP contribution in [0, 0.1) is 0 Å². The largest absolute Gasteiger partial charge is 0.481 e. The summed E-state index contributed by atoms with van der Waals surface area (Å²) < 4.78 is 0. The molecule has 18 heavy (non-hydrogen) atoms. The highest BCUT2D eigenvalue weighted by atomic mass is 32.2. The van der Waals surface area contributed by atoms with E-state index in [-0.39, 0.29) is 18.5 Å². The lowest BCUT2D eigenvalue weighted by Gasteiger charge is -2.26. The smallest absolute Gasteiger partial charge is 0.318 e. The molecule has 6 heteroatoms. The molecule has 2 fully saturated rings. The molecule has 0 spiro atoms. The van der Waals surface area contributed by atoms with Crippen molar-refractivity contribution >= 4 is 23.8 Å². The first-order valence-corrected chi connectivity index (χ1v) is 7.59. The fourth-order valence-electron chi connectivity index (χ4n) is 2.84. The van der Waals surface area contributed by atoms with Crippen LogP contribution in [0.1, 0.15) is 32.6 Å². The number of likely N-dealkylation sites (N-methyl/N-ethyl adjacent to an activating group) is 1. The Bertz CT molecular complexity index is 337. The van der Waals surface area contributed by atoms with Gasteiger partial charge < -0.3 is 15.3 Å². The molecule has 2 aliphatic rings. The number of carbonyl (C=O) groups excluding carboxylic acids is 1. The lowest BCUT2D eigenvalue weighted by molar-refractivity contribution is -0.137. The number of carboxylic acid groups (broad SMARTS) is 1. The molecule has 0 aromatic heterocycles. The lowest BCUT2D eigenvalue weighted by atomic mass is 10.0. The van der Waals surface area contributed by atoms with Crippen LogP contribution in [0.25, 0.3) is 0 Å². The van der Waals surface area contributed by atoms with Crippen molar-refractivity contribution in [3.8, 4) is 0 Å². The number of thioether (sulfide) groups is 1. The minimum atomic E-state index is -0.722. The van der Waals surface area contributed by atoms with Gasteiger partial charge in [-0.05, 0) is 19.8 Å². The zero-order valence-electron chi connectivity index (χ0n) is 10.6. The number of carbonyl (C=O) groups is 2. The van der Waals surface area contributed by atoms with Gasteiger partial charge in [-0.2, -0.15) is 11.8 Å². The molecule has 0 radical (unpaired) electrons. The number of amides is 2. The maximum atomic E-state index is 11.7. The number of hydrogen-bond acceptors (Lipinski definition) is 3. The molecule has 2 aliphatic heterocycles. The van der Waals surface area contributed by atoms with Crippen LogP contribution < -0.4 is 5.32 Å². The van der Waals surface area contributed by atoms with Crippen LogP contribution in [0.4, 0.5) is 4.79 Å². The summed E-state index contributed by atoms with van der Waals surface area (Å²) in [4.78, 5) is 24.1. The summed E-state index contributed by atoms with van der Waals surface area (Å²) in [7, 11) is 0. The van der Waals surface area contributed by atoms with Gasteiger partial charge in [0.25, 0.3) is 0 Å². The molecule has 3 unspecified atom stereocenters. The molecule has 3 atom stereocenters. The van der Waals surface area contributed by atoms with E-state index in [2.05, 4.69) is 5.32 Å². The topological polar surface area (TPSA) is 69.6 Å². The number of nitrogens with one attached hydrogen (secondary N) is 1. The Balaban J connectivity index is 1.83. The molecule has 2 amide bonds. The van der Waals surface area contributed by atoms with Crippen molar-refractivity contribution < 1.29 is 14.7 Å². The first-order valence-electron chi connectivity index (χ1n) is 6.54. The number of carboxylic acids is 1. The predicted octanol–water partition coefficient (Wildman–Crippen LogP) is 1.53. The van der Waals surface area contributed by atoms with Crippen LogP contribution in [0.15, 0.2) is 0 Å². The van der Waals surface area contributed by atoms with E-state index < -0.39 is 5.97 Å². The Morgan fingerprint density at radius 2 is 2.33 bits per heavy atom. The molecular weight excluding hydrogens is 252 g/mol. The Morgan fingerprint density at radius 1 is 1.56 bits per heavy atom. The van der Waals surface area contributed by atoms with Crippen LogP contribution in [-0.4, -0.2) is 51.6 Å². The van der Waals surface area contributed by atoms with Crippen molar-refractivity contribution in [2.24, 2.45) is 0 Å². The average Bonchev–Trinajstić information content (AvgIpc) is 2.82. The van der Waals surface area contributed by atoms with E-state index >= 15 is 0 Å². The third-order valence-electron chi connectivity index (χ3n) is 3.68.